The molecule has 0 spiro atoms. The Hall–Kier alpha value is -2.06. The molecule has 5 nitrogen and oxygen atoms in total. The van der Waals surface area contributed by atoms with Crippen LogP contribution in [0.3, 0.4) is 0 Å². The van der Waals surface area contributed by atoms with E-state index in [1.807, 2.05) is 6.07 Å². The molecule has 2 unspecified atom stereocenters. The van der Waals surface area contributed by atoms with E-state index in [0.29, 0.717) is 17.7 Å². The number of aliphatic hydroxyl groups is 1. The number of hydrazine groups is 1. The highest BCUT2D eigenvalue weighted by Crippen LogP contribution is 2.25. The zero-order valence-corrected chi connectivity index (χ0v) is 9.89. The summed E-state index contributed by atoms with van der Waals surface area (Å²) in [6, 6.07) is 8.78. The highest BCUT2D eigenvalue weighted by atomic mass is 16.3. The van der Waals surface area contributed by atoms with Gasteiger partial charge in [0.15, 0.2) is 0 Å². The van der Waals surface area contributed by atoms with E-state index >= 15 is 0 Å². The van der Waals surface area contributed by atoms with E-state index in [0.717, 1.165) is 12.8 Å². The molecule has 1 aliphatic carbocycles. The van der Waals surface area contributed by atoms with Gasteiger partial charge in [0.05, 0.1) is 29.3 Å². The fourth-order valence-electron chi connectivity index (χ4n) is 2.10. The standard InChI is InChI=1S/C13H15N3O2/c14-8-9-4-6-10(7-5-9)15-16-13(18)11-2-1-3-12(11)17/h4-7,11-12,15,17H,1-3H2,(H,16,18). The number of hydrogen-bond donors (Lipinski definition) is 3. The van der Waals surface area contributed by atoms with E-state index < -0.39 is 6.10 Å². The molecule has 2 atom stereocenters. The van der Waals surface area contributed by atoms with Gasteiger partial charge in [-0.3, -0.25) is 15.6 Å². The Morgan fingerprint density at radius 2 is 2.06 bits per heavy atom. The largest absolute Gasteiger partial charge is 0.392 e. The van der Waals surface area contributed by atoms with E-state index in [9.17, 15) is 9.90 Å². The summed E-state index contributed by atoms with van der Waals surface area (Å²) < 4.78 is 0. The molecule has 1 aromatic carbocycles. The predicted octanol–water partition coefficient (Wildman–Crippen LogP) is 1.16. The number of anilines is 1. The molecule has 1 fully saturated rings. The molecule has 0 aliphatic heterocycles. The molecule has 0 radical (unpaired) electrons. The molecule has 0 aromatic heterocycles. The lowest BCUT2D eigenvalue weighted by Crippen LogP contribution is -2.38. The summed E-state index contributed by atoms with van der Waals surface area (Å²) in [4.78, 5) is 11.8. The summed E-state index contributed by atoms with van der Waals surface area (Å²) in [7, 11) is 0. The number of aliphatic hydroxyl groups excluding tert-OH is 1. The Balaban J connectivity index is 1.87. The smallest absolute Gasteiger partial charge is 0.244 e. The normalized spacial score (nSPS) is 22.2. The Kier molecular flexibility index (Phi) is 3.80. The molecule has 5 heteroatoms. The van der Waals surface area contributed by atoms with Gasteiger partial charge in [-0.05, 0) is 43.5 Å². The van der Waals surface area contributed by atoms with E-state index in [1.165, 1.54) is 0 Å². The molecular formula is C13H15N3O2. The second kappa shape index (κ2) is 5.52. The van der Waals surface area contributed by atoms with Crippen molar-refractivity contribution in [3.05, 3.63) is 29.8 Å². The molecule has 1 saturated carbocycles. The van der Waals surface area contributed by atoms with Gasteiger partial charge in [0.1, 0.15) is 0 Å². The third-order valence-electron chi connectivity index (χ3n) is 3.16. The van der Waals surface area contributed by atoms with Crippen LogP contribution in [0, 0.1) is 17.2 Å². The van der Waals surface area contributed by atoms with E-state index in [4.69, 9.17) is 5.26 Å². The topological polar surface area (TPSA) is 85.2 Å². The SMILES string of the molecule is N#Cc1ccc(NNC(=O)C2CCCC2O)cc1. The Bertz CT molecular complexity index is 464. The van der Waals surface area contributed by atoms with Gasteiger partial charge in [-0.1, -0.05) is 0 Å². The zero-order valence-electron chi connectivity index (χ0n) is 9.89. The van der Waals surface area contributed by atoms with Gasteiger partial charge in [0.2, 0.25) is 5.91 Å². The summed E-state index contributed by atoms with van der Waals surface area (Å²) >= 11 is 0. The first-order chi connectivity index (χ1) is 8.70. The van der Waals surface area contributed by atoms with E-state index in [-0.39, 0.29) is 11.8 Å². The third-order valence-corrected chi connectivity index (χ3v) is 3.16. The van der Waals surface area contributed by atoms with E-state index in [1.54, 1.807) is 24.3 Å². The lowest BCUT2D eigenvalue weighted by atomic mass is 10.1. The maximum Gasteiger partial charge on any atom is 0.244 e. The zero-order chi connectivity index (χ0) is 13.0. The van der Waals surface area contributed by atoms with Gasteiger partial charge in [-0.2, -0.15) is 5.26 Å². The van der Waals surface area contributed by atoms with Crippen LogP contribution < -0.4 is 10.9 Å². The van der Waals surface area contributed by atoms with Crippen LogP contribution in [0.2, 0.25) is 0 Å². The van der Waals surface area contributed by atoms with Gasteiger partial charge in [0.25, 0.3) is 0 Å². The van der Waals surface area contributed by atoms with Crippen LogP contribution in [0.5, 0.6) is 0 Å². The van der Waals surface area contributed by atoms with E-state index in [2.05, 4.69) is 10.9 Å². The second-order valence-corrected chi connectivity index (χ2v) is 4.41. The number of carbonyl (C=O) groups excluding carboxylic acids is 1. The third kappa shape index (κ3) is 2.79. The molecule has 1 aliphatic rings. The van der Waals surface area contributed by atoms with Gasteiger partial charge in [0, 0.05) is 0 Å². The van der Waals surface area contributed by atoms with Gasteiger partial charge in [-0.15, -0.1) is 0 Å². The number of amides is 1. The molecule has 0 bridgehead atoms. The average molecular weight is 245 g/mol. The summed E-state index contributed by atoms with van der Waals surface area (Å²) in [6.07, 6.45) is 1.76. The van der Waals surface area contributed by atoms with Crippen LogP contribution in [0.25, 0.3) is 0 Å². The van der Waals surface area contributed by atoms with Crippen LogP contribution in [0.4, 0.5) is 5.69 Å². The highest BCUT2D eigenvalue weighted by molar-refractivity contribution is 5.80. The molecule has 18 heavy (non-hydrogen) atoms. The highest BCUT2D eigenvalue weighted by Gasteiger charge is 2.31. The van der Waals surface area contributed by atoms with Crippen molar-refractivity contribution < 1.29 is 9.90 Å². The van der Waals surface area contributed by atoms with Crippen molar-refractivity contribution in [2.45, 2.75) is 25.4 Å². The van der Waals surface area contributed by atoms with Crippen LogP contribution in [0.15, 0.2) is 24.3 Å². The molecule has 3 N–H and O–H groups in total. The van der Waals surface area contributed by atoms with Gasteiger partial charge < -0.3 is 5.11 Å². The van der Waals surface area contributed by atoms with Crippen molar-refractivity contribution in [3.63, 3.8) is 0 Å². The number of carbonyl (C=O) groups is 1. The van der Waals surface area contributed by atoms with Crippen molar-refractivity contribution in [2.75, 3.05) is 5.43 Å². The molecular weight excluding hydrogens is 230 g/mol. The lowest BCUT2D eigenvalue weighted by Gasteiger charge is -2.15. The predicted molar refractivity (Wildman–Crippen MR) is 66.3 cm³/mol. The Labute approximate surface area is 105 Å². The van der Waals surface area contributed by atoms with Crippen LogP contribution >= 0.6 is 0 Å². The Morgan fingerprint density at radius 3 is 2.61 bits per heavy atom. The maximum atomic E-state index is 11.8. The quantitative estimate of drug-likeness (QED) is 0.698. The van der Waals surface area contributed by atoms with Crippen LogP contribution in [0.1, 0.15) is 24.8 Å². The summed E-state index contributed by atoms with van der Waals surface area (Å²) in [5.74, 6) is -0.514. The first-order valence-electron chi connectivity index (χ1n) is 5.95. The van der Waals surface area contributed by atoms with Crippen molar-refractivity contribution in [1.82, 2.24) is 5.43 Å². The molecule has 94 valence electrons. The first-order valence-corrected chi connectivity index (χ1v) is 5.95. The van der Waals surface area contributed by atoms with Crippen molar-refractivity contribution >= 4 is 11.6 Å². The number of benzene rings is 1. The summed E-state index contributed by atoms with van der Waals surface area (Å²) in [5.41, 5.74) is 6.62. The molecule has 0 saturated heterocycles. The molecule has 2 rings (SSSR count). The minimum atomic E-state index is -0.534. The maximum absolute atomic E-state index is 11.8. The van der Waals surface area contributed by atoms with Crippen molar-refractivity contribution in [2.24, 2.45) is 5.92 Å². The fraction of sp³-hybridized carbons (Fsp3) is 0.385. The Morgan fingerprint density at radius 1 is 1.33 bits per heavy atom. The number of nitriles is 1. The first kappa shape index (κ1) is 12.4. The lowest BCUT2D eigenvalue weighted by molar-refractivity contribution is -0.126. The summed E-state index contributed by atoms with van der Waals surface area (Å²) in [6.45, 7) is 0. The molecule has 1 aromatic rings. The van der Waals surface area contributed by atoms with Gasteiger partial charge in [-0.25, -0.2) is 0 Å². The number of nitrogens with one attached hydrogen (secondary N) is 2. The van der Waals surface area contributed by atoms with Crippen LogP contribution in [-0.2, 0) is 4.79 Å². The summed E-state index contributed by atoms with van der Waals surface area (Å²) in [5, 5.41) is 18.3. The fourth-order valence-corrected chi connectivity index (χ4v) is 2.10. The molecule has 1 amide bonds. The second-order valence-electron chi connectivity index (χ2n) is 4.41. The minimum Gasteiger partial charge on any atom is -0.392 e. The van der Waals surface area contributed by atoms with Crippen LogP contribution in [-0.4, -0.2) is 17.1 Å². The number of rotatable bonds is 3. The van der Waals surface area contributed by atoms with Crippen molar-refractivity contribution in [1.29, 1.82) is 5.26 Å². The van der Waals surface area contributed by atoms with Crippen molar-refractivity contribution in [3.8, 4) is 6.07 Å². The van der Waals surface area contributed by atoms with Gasteiger partial charge >= 0.3 is 0 Å². The number of nitrogens with zero attached hydrogens (tertiary/aromatic N) is 1. The minimum absolute atomic E-state index is 0.190. The average Bonchev–Trinajstić information content (AvgIpc) is 2.83. The number of hydrogen-bond acceptors (Lipinski definition) is 4. The monoisotopic (exact) mass is 245 g/mol. The molecule has 0 heterocycles.